The Kier molecular flexibility index (Phi) is 5.07. The van der Waals surface area contributed by atoms with Gasteiger partial charge in [0.25, 0.3) is 0 Å². The van der Waals surface area contributed by atoms with Crippen LogP contribution in [0.25, 0.3) is 22.2 Å². The average Bonchev–Trinajstić information content (AvgIpc) is 3.52. The summed E-state index contributed by atoms with van der Waals surface area (Å²) in [4.78, 5) is 18.7. The third-order valence-corrected chi connectivity index (χ3v) is 6.93. The zero-order valence-corrected chi connectivity index (χ0v) is 18.4. The lowest BCUT2D eigenvalue weighted by Gasteiger charge is -2.33. The molecule has 0 radical (unpaired) electrons. The number of nitrogens with zero attached hydrogens (tertiary/aromatic N) is 9. The molecule has 3 aromatic heterocycles. The van der Waals surface area contributed by atoms with E-state index in [1.54, 1.807) is 6.20 Å². The minimum absolute atomic E-state index is 0.221. The number of piperidine rings is 1. The summed E-state index contributed by atoms with van der Waals surface area (Å²) in [6.45, 7) is 4.51. The molecule has 2 aliphatic rings. The third kappa shape index (κ3) is 3.87. The number of hydrogen-bond acceptors (Lipinski definition) is 8. The Balaban J connectivity index is 1.20. The van der Waals surface area contributed by atoms with E-state index in [-0.39, 0.29) is 5.92 Å². The lowest BCUT2D eigenvalue weighted by Crippen LogP contribution is -2.42. The van der Waals surface area contributed by atoms with Crippen molar-refractivity contribution in [2.45, 2.75) is 31.8 Å². The van der Waals surface area contributed by atoms with E-state index in [0.717, 1.165) is 67.7 Å². The summed E-state index contributed by atoms with van der Waals surface area (Å²) in [5.74, 6) is 1.10. The molecule has 166 valence electrons. The number of benzene rings is 1. The van der Waals surface area contributed by atoms with Crippen molar-refractivity contribution in [3.8, 4) is 6.07 Å². The number of hydrogen-bond donors (Lipinski definition) is 0. The highest BCUT2D eigenvalue weighted by Gasteiger charge is 2.31. The van der Waals surface area contributed by atoms with Gasteiger partial charge in [0.2, 0.25) is 5.65 Å². The van der Waals surface area contributed by atoms with Gasteiger partial charge in [-0.1, -0.05) is 17.3 Å². The molecule has 33 heavy (non-hydrogen) atoms. The van der Waals surface area contributed by atoms with Crippen LogP contribution in [0, 0.1) is 17.2 Å². The second kappa shape index (κ2) is 8.37. The molecule has 9 nitrogen and oxygen atoms in total. The summed E-state index contributed by atoms with van der Waals surface area (Å²) in [6, 6.07) is 13.2. The monoisotopic (exact) mass is 439 g/mol. The van der Waals surface area contributed by atoms with Crippen LogP contribution < -0.4 is 4.90 Å². The summed E-state index contributed by atoms with van der Waals surface area (Å²) in [5.41, 5.74) is 3.37. The summed E-state index contributed by atoms with van der Waals surface area (Å²) in [7, 11) is 0. The highest BCUT2D eigenvalue weighted by molar-refractivity contribution is 5.79. The van der Waals surface area contributed by atoms with Crippen LogP contribution in [0.15, 0.2) is 42.7 Å². The molecule has 5 heterocycles. The van der Waals surface area contributed by atoms with E-state index in [0.29, 0.717) is 23.9 Å². The number of anilines is 1. The van der Waals surface area contributed by atoms with Crippen LogP contribution in [0.3, 0.4) is 0 Å². The number of rotatable bonds is 4. The van der Waals surface area contributed by atoms with E-state index in [4.69, 9.17) is 10.2 Å². The van der Waals surface area contributed by atoms with Gasteiger partial charge in [0.1, 0.15) is 5.82 Å². The number of fused-ring (bicyclic) bond motifs is 2. The maximum Gasteiger partial charge on any atom is 0.221 e. The van der Waals surface area contributed by atoms with Gasteiger partial charge in [0.05, 0.1) is 24.3 Å². The SMILES string of the molecule is N#CC1CCN([C@@H]2CCN(c3cnc4nnn(Cc5ccc6ncccc6c5)c4n3)C2)CC1. The molecule has 0 aliphatic carbocycles. The fraction of sp³-hybridized carbons (Fsp3) is 0.417. The van der Waals surface area contributed by atoms with Crippen molar-refractivity contribution >= 4 is 28.0 Å². The number of aromatic nitrogens is 6. The van der Waals surface area contributed by atoms with E-state index >= 15 is 0 Å². The van der Waals surface area contributed by atoms with Crippen LogP contribution in [0.2, 0.25) is 0 Å². The van der Waals surface area contributed by atoms with E-state index in [1.165, 1.54) is 0 Å². The number of pyridine rings is 1. The summed E-state index contributed by atoms with van der Waals surface area (Å²) in [6.07, 6.45) is 6.69. The molecule has 0 N–H and O–H groups in total. The smallest absolute Gasteiger partial charge is 0.221 e. The van der Waals surface area contributed by atoms with Gasteiger partial charge in [0, 0.05) is 36.6 Å². The molecule has 1 atom stereocenters. The molecule has 6 rings (SSSR count). The van der Waals surface area contributed by atoms with Crippen molar-refractivity contribution in [3.63, 3.8) is 0 Å². The first-order valence-electron chi connectivity index (χ1n) is 11.6. The molecule has 0 saturated carbocycles. The lowest BCUT2D eigenvalue weighted by molar-refractivity contribution is 0.157. The van der Waals surface area contributed by atoms with Gasteiger partial charge in [-0.05, 0) is 56.1 Å². The van der Waals surface area contributed by atoms with Crippen molar-refractivity contribution in [3.05, 3.63) is 48.3 Å². The maximum atomic E-state index is 9.16. The molecular formula is C24H25N9. The van der Waals surface area contributed by atoms with Crippen LogP contribution in [-0.4, -0.2) is 67.1 Å². The van der Waals surface area contributed by atoms with Crippen molar-refractivity contribution in [2.24, 2.45) is 5.92 Å². The highest BCUT2D eigenvalue weighted by Crippen LogP contribution is 2.26. The number of likely N-dealkylation sites (tertiary alicyclic amines) is 1. The minimum Gasteiger partial charge on any atom is -0.354 e. The van der Waals surface area contributed by atoms with E-state index in [1.807, 2.05) is 23.0 Å². The van der Waals surface area contributed by atoms with E-state index in [9.17, 15) is 0 Å². The predicted octanol–water partition coefficient (Wildman–Crippen LogP) is 2.63. The molecule has 2 fully saturated rings. The molecule has 9 heteroatoms. The Morgan fingerprint density at radius 3 is 2.85 bits per heavy atom. The van der Waals surface area contributed by atoms with Gasteiger partial charge in [-0.2, -0.15) is 5.26 Å². The lowest BCUT2D eigenvalue weighted by atomic mass is 9.97. The fourth-order valence-corrected chi connectivity index (χ4v) is 5.04. The fourth-order valence-electron chi connectivity index (χ4n) is 5.04. The van der Waals surface area contributed by atoms with E-state index < -0.39 is 0 Å². The predicted molar refractivity (Wildman–Crippen MR) is 124 cm³/mol. The summed E-state index contributed by atoms with van der Waals surface area (Å²) < 4.78 is 1.82. The second-order valence-corrected chi connectivity index (χ2v) is 8.98. The van der Waals surface area contributed by atoms with Crippen LogP contribution in [0.4, 0.5) is 5.82 Å². The molecule has 2 aliphatic heterocycles. The Morgan fingerprint density at radius 2 is 1.97 bits per heavy atom. The largest absolute Gasteiger partial charge is 0.354 e. The second-order valence-electron chi connectivity index (χ2n) is 8.98. The van der Waals surface area contributed by atoms with Crippen LogP contribution in [-0.2, 0) is 6.54 Å². The van der Waals surface area contributed by atoms with Gasteiger partial charge < -0.3 is 4.90 Å². The molecule has 0 amide bonds. The normalized spacial score (nSPS) is 20.0. The van der Waals surface area contributed by atoms with Gasteiger partial charge >= 0.3 is 0 Å². The van der Waals surface area contributed by atoms with Gasteiger partial charge in [0.15, 0.2) is 5.65 Å². The van der Waals surface area contributed by atoms with E-state index in [2.05, 4.69) is 54.3 Å². The average molecular weight is 440 g/mol. The minimum atomic E-state index is 0.221. The first-order valence-corrected chi connectivity index (χ1v) is 11.6. The molecule has 1 aromatic carbocycles. The standard InChI is InChI=1S/C24H25N9/c25-13-17-5-9-31(10-6-17)20-7-11-32(16-20)22-14-27-23-24(28-22)33(30-29-23)15-18-3-4-21-19(12-18)2-1-8-26-21/h1-4,8,12,14,17,20H,5-7,9-11,15-16H2/t20-/m1/s1. The van der Waals surface area contributed by atoms with Crippen LogP contribution >= 0.6 is 0 Å². The number of nitriles is 1. The Hall–Kier alpha value is -3.64. The quantitative estimate of drug-likeness (QED) is 0.478. The van der Waals surface area contributed by atoms with Crippen LogP contribution in [0.5, 0.6) is 0 Å². The molecular weight excluding hydrogens is 414 g/mol. The van der Waals surface area contributed by atoms with Gasteiger partial charge in [-0.3, -0.25) is 9.88 Å². The van der Waals surface area contributed by atoms with Crippen molar-refractivity contribution in [1.29, 1.82) is 5.26 Å². The topological polar surface area (TPSA) is 99.7 Å². The van der Waals surface area contributed by atoms with Gasteiger partial charge in [-0.15, -0.1) is 5.10 Å². The molecule has 4 aromatic rings. The van der Waals surface area contributed by atoms with Crippen molar-refractivity contribution < 1.29 is 0 Å². The Bertz CT molecular complexity index is 1330. The summed E-state index contributed by atoms with van der Waals surface area (Å²) >= 11 is 0. The van der Waals surface area contributed by atoms with Crippen molar-refractivity contribution in [1.82, 2.24) is 34.8 Å². The molecule has 0 unspecified atom stereocenters. The van der Waals surface area contributed by atoms with Gasteiger partial charge in [-0.25, -0.2) is 14.6 Å². The Labute approximate surface area is 191 Å². The zero-order chi connectivity index (χ0) is 22.2. The first-order chi connectivity index (χ1) is 16.3. The van der Waals surface area contributed by atoms with Crippen LogP contribution in [0.1, 0.15) is 24.8 Å². The molecule has 0 spiro atoms. The highest BCUT2D eigenvalue weighted by atomic mass is 15.5. The zero-order valence-electron chi connectivity index (χ0n) is 18.4. The summed E-state index contributed by atoms with van der Waals surface area (Å²) in [5, 5.41) is 18.8. The molecule has 2 saturated heterocycles. The van der Waals surface area contributed by atoms with Crippen molar-refractivity contribution in [2.75, 3.05) is 31.1 Å². The molecule has 0 bridgehead atoms. The Morgan fingerprint density at radius 1 is 1.06 bits per heavy atom. The third-order valence-electron chi connectivity index (χ3n) is 6.93. The first kappa shape index (κ1) is 20.0. The maximum absolute atomic E-state index is 9.16.